The molecule has 0 aromatic carbocycles. The molecule has 0 spiro atoms. The lowest BCUT2D eigenvalue weighted by atomic mass is 9.83. The summed E-state index contributed by atoms with van der Waals surface area (Å²) in [5.74, 6) is 0.576. The molecule has 1 saturated heterocycles. The van der Waals surface area contributed by atoms with Gasteiger partial charge in [0, 0.05) is 57.6 Å². The summed E-state index contributed by atoms with van der Waals surface area (Å²) in [6, 6.07) is 7.32. The zero-order valence-electron chi connectivity index (χ0n) is 15.8. The monoisotopic (exact) mass is 379 g/mol. The van der Waals surface area contributed by atoms with Crippen LogP contribution in [0.5, 0.6) is 0 Å². The van der Waals surface area contributed by atoms with Gasteiger partial charge in [-0.05, 0) is 24.5 Å². The van der Waals surface area contributed by atoms with Gasteiger partial charge < -0.3 is 9.47 Å². The van der Waals surface area contributed by atoms with E-state index in [0.717, 1.165) is 35.5 Å². The zero-order valence-corrected chi connectivity index (χ0v) is 15.8. The van der Waals surface area contributed by atoms with Gasteiger partial charge in [0.25, 0.3) is 11.1 Å². The minimum Gasteiger partial charge on any atom is -0.370 e. The maximum atomic E-state index is 12.9. The molecular formula is C20H21N5O3. The van der Waals surface area contributed by atoms with E-state index < -0.39 is 0 Å². The Kier molecular flexibility index (Phi) is 3.59. The van der Waals surface area contributed by atoms with Crippen LogP contribution < -0.4 is 21.7 Å². The Morgan fingerprint density at radius 1 is 1.00 bits per heavy atom. The average Bonchev–Trinajstić information content (AvgIpc) is 2.71. The van der Waals surface area contributed by atoms with E-state index in [1.165, 1.54) is 11.6 Å². The highest BCUT2D eigenvalue weighted by atomic mass is 16.2. The lowest BCUT2D eigenvalue weighted by Gasteiger charge is -2.44. The predicted octanol–water partition coefficient (Wildman–Crippen LogP) is 0.418. The molecule has 0 saturated carbocycles. The van der Waals surface area contributed by atoms with E-state index in [2.05, 4.69) is 9.88 Å². The van der Waals surface area contributed by atoms with E-state index in [-0.39, 0.29) is 22.7 Å². The van der Waals surface area contributed by atoms with Gasteiger partial charge in [-0.3, -0.25) is 18.7 Å². The molecule has 8 nitrogen and oxygen atoms in total. The van der Waals surface area contributed by atoms with Gasteiger partial charge in [-0.1, -0.05) is 6.07 Å². The first-order valence-corrected chi connectivity index (χ1v) is 9.45. The number of hydrogen-bond acceptors (Lipinski definition) is 5. The number of anilines is 1. The quantitative estimate of drug-likeness (QED) is 0.612. The van der Waals surface area contributed by atoms with Crippen molar-refractivity contribution in [2.75, 3.05) is 18.0 Å². The Morgan fingerprint density at radius 2 is 1.82 bits per heavy atom. The standard InChI is InChI=1S/C20H21N5O3/c1-22-18-17(19(27)23(2)20(22)28)15(6-7-21-18)24-9-12-8-13(11-24)14-4-3-5-16(26)25(14)10-12/h3-7,12-13H,8-11H2,1-2H3. The van der Waals surface area contributed by atoms with Gasteiger partial charge in [0.2, 0.25) is 0 Å². The van der Waals surface area contributed by atoms with Crippen LogP contribution in [-0.4, -0.2) is 31.8 Å². The van der Waals surface area contributed by atoms with Crippen molar-refractivity contribution in [3.05, 3.63) is 67.3 Å². The van der Waals surface area contributed by atoms with Gasteiger partial charge in [0.1, 0.15) is 5.39 Å². The minimum atomic E-state index is -0.383. The van der Waals surface area contributed by atoms with Crippen molar-refractivity contribution in [2.24, 2.45) is 20.0 Å². The summed E-state index contributed by atoms with van der Waals surface area (Å²) in [6.45, 7) is 2.19. The fourth-order valence-electron chi connectivity index (χ4n) is 4.83. The van der Waals surface area contributed by atoms with E-state index in [1.54, 1.807) is 19.3 Å². The molecule has 28 heavy (non-hydrogen) atoms. The number of pyridine rings is 2. The average molecular weight is 379 g/mol. The highest BCUT2D eigenvalue weighted by molar-refractivity contribution is 5.88. The summed E-state index contributed by atoms with van der Waals surface area (Å²) in [4.78, 5) is 43.9. The van der Waals surface area contributed by atoms with Crippen molar-refractivity contribution in [3.8, 4) is 0 Å². The van der Waals surface area contributed by atoms with Crippen LogP contribution in [0.3, 0.4) is 0 Å². The Hall–Kier alpha value is -3.16. The largest absolute Gasteiger partial charge is 0.370 e. The Labute approximate surface area is 160 Å². The number of hydrogen-bond donors (Lipinski definition) is 0. The molecule has 5 heterocycles. The minimum absolute atomic E-state index is 0.0545. The predicted molar refractivity (Wildman–Crippen MR) is 106 cm³/mol. The van der Waals surface area contributed by atoms with Crippen LogP contribution in [0.2, 0.25) is 0 Å². The summed E-state index contributed by atoms with van der Waals surface area (Å²) in [5, 5.41) is 0.470. The number of fused-ring (bicyclic) bond motifs is 5. The molecule has 0 amide bonds. The molecule has 2 atom stereocenters. The van der Waals surface area contributed by atoms with E-state index in [0.29, 0.717) is 23.5 Å². The first-order valence-electron chi connectivity index (χ1n) is 9.45. The van der Waals surface area contributed by atoms with Crippen LogP contribution in [0.4, 0.5) is 5.69 Å². The Balaban J connectivity index is 1.66. The molecule has 5 rings (SSSR count). The van der Waals surface area contributed by atoms with E-state index in [9.17, 15) is 14.4 Å². The highest BCUT2D eigenvalue weighted by Gasteiger charge is 2.35. The molecule has 144 valence electrons. The van der Waals surface area contributed by atoms with Crippen molar-refractivity contribution < 1.29 is 0 Å². The molecule has 3 aromatic heterocycles. The molecular weight excluding hydrogens is 358 g/mol. The molecule has 0 N–H and O–H groups in total. The molecule has 2 aliphatic heterocycles. The number of aryl methyl sites for hydroxylation is 1. The van der Waals surface area contributed by atoms with Crippen LogP contribution in [0.1, 0.15) is 18.0 Å². The van der Waals surface area contributed by atoms with E-state index in [1.807, 2.05) is 22.8 Å². The summed E-state index contributed by atoms with van der Waals surface area (Å²) in [7, 11) is 3.13. The van der Waals surface area contributed by atoms with Crippen LogP contribution >= 0.6 is 0 Å². The second kappa shape index (κ2) is 5.92. The molecule has 0 radical (unpaired) electrons. The van der Waals surface area contributed by atoms with Gasteiger partial charge in [-0.25, -0.2) is 9.78 Å². The molecule has 8 heteroatoms. The van der Waals surface area contributed by atoms with Gasteiger partial charge in [-0.15, -0.1) is 0 Å². The number of rotatable bonds is 1. The van der Waals surface area contributed by atoms with Crippen molar-refractivity contribution in [1.29, 1.82) is 0 Å². The normalized spacial score (nSPS) is 21.0. The van der Waals surface area contributed by atoms with Crippen molar-refractivity contribution in [3.63, 3.8) is 0 Å². The molecule has 2 aliphatic rings. The van der Waals surface area contributed by atoms with Crippen LogP contribution in [0.25, 0.3) is 11.0 Å². The second-order valence-electron chi connectivity index (χ2n) is 7.84. The lowest BCUT2D eigenvalue weighted by Crippen LogP contribution is -2.47. The van der Waals surface area contributed by atoms with Gasteiger partial charge in [-0.2, -0.15) is 0 Å². The third kappa shape index (κ3) is 2.30. The maximum absolute atomic E-state index is 12.9. The van der Waals surface area contributed by atoms with Crippen molar-refractivity contribution in [1.82, 2.24) is 18.7 Å². The molecule has 1 fully saturated rings. The molecule has 0 aliphatic carbocycles. The van der Waals surface area contributed by atoms with Crippen LogP contribution in [0.15, 0.2) is 44.8 Å². The summed E-state index contributed by atoms with van der Waals surface area (Å²) >= 11 is 0. The number of aromatic nitrogens is 4. The van der Waals surface area contributed by atoms with Crippen molar-refractivity contribution >= 4 is 16.7 Å². The van der Waals surface area contributed by atoms with Crippen LogP contribution in [0, 0.1) is 5.92 Å². The van der Waals surface area contributed by atoms with Crippen molar-refractivity contribution in [2.45, 2.75) is 18.9 Å². The number of piperidine rings is 1. The van der Waals surface area contributed by atoms with E-state index in [4.69, 9.17) is 0 Å². The summed E-state index contributed by atoms with van der Waals surface area (Å²) in [6.07, 6.45) is 2.69. The van der Waals surface area contributed by atoms with Crippen LogP contribution in [-0.2, 0) is 20.6 Å². The first kappa shape index (κ1) is 17.0. The third-order valence-electron chi connectivity index (χ3n) is 6.14. The molecule has 2 unspecified atom stereocenters. The molecule has 2 bridgehead atoms. The highest BCUT2D eigenvalue weighted by Crippen LogP contribution is 2.37. The number of nitrogens with zero attached hydrogens (tertiary/aromatic N) is 5. The summed E-state index contributed by atoms with van der Waals surface area (Å²) in [5.41, 5.74) is 1.62. The first-order chi connectivity index (χ1) is 13.5. The maximum Gasteiger partial charge on any atom is 0.332 e. The third-order valence-corrected chi connectivity index (χ3v) is 6.14. The fraction of sp³-hybridized carbons (Fsp3) is 0.400. The zero-order chi connectivity index (χ0) is 19.6. The molecule has 3 aromatic rings. The SMILES string of the molecule is Cn1c(=O)c2c(N3CC4CC(C3)c3cccc(=O)n3C4)ccnc2n(C)c1=O. The topological polar surface area (TPSA) is 82.1 Å². The second-order valence-corrected chi connectivity index (χ2v) is 7.84. The van der Waals surface area contributed by atoms with E-state index >= 15 is 0 Å². The van der Waals surface area contributed by atoms with Gasteiger partial charge in [0.05, 0.1) is 5.69 Å². The Morgan fingerprint density at radius 3 is 2.64 bits per heavy atom. The van der Waals surface area contributed by atoms with Gasteiger partial charge in [0.15, 0.2) is 5.65 Å². The van der Waals surface area contributed by atoms with Gasteiger partial charge >= 0.3 is 5.69 Å². The lowest BCUT2D eigenvalue weighted by molar-refractivity contribution is 0.282. The summed E-state index contributed by atoms with van der Waals surface area (Å²) < 4.78 is 4.44. The Bertz CT molecular complexity index is 1290. The fourth-order valence-corrected chi connectivity index (χ4v) is 4.83. The smallest absolute Gasteiger partial charge is 0.332 e.